The summed E-state index contributed by atoms with van der Waals surface area (Å²) in [4.78, 5) is 28.7. The monoisotopic (exact) mass is 504 g/mol. The van der Waals surface area contributed by atoms with Gasteiger partial charge in [-0.2, -0.15) is 13.2 Å². The van der Waals surface area contributed by atoms with E-state index in [1.807, 2.05) is 12.1 Å². The van der Waals surface area contributed by atoms with Crippen LogP contribution in [0.25, 0.3) is 0 Å². The topological polar surface area (TPSA) is 97.5 Å². The Morgan fingerprint density at radius 2 is 1.92 bits per heavy atom. The number of primary amides is 1. The second-order valence-electron chi connectivity index (χ2n) is 10.2. The van der Waals surface area contributed by atoms with Crippen molar-refractivity contribution in [2.45, 2.75) is 69.3 Å². The summed E-state index contributed by atoms with van der Waals surface area (Å²) in [5, 5.41) is 3.42. The van der Waals surface area contributed by atoms with Crippen molar-refractivity contribution in [2.24, 2.45) is 11.7 Å². The predicted molar refractivity (Wildman–Crippen MR) is 128 cm³/mol. The highest BCUT2D eigenvalue weighted by molar-refractivity contribution is 5.79. The maximum Gasteiger partial charge on any atom is 0.414 e. The van der Waals surface area contributed by atoms with Gasteiger partial charge < -0.3 is 20.7 Å². The highest BCUT2D eigenvalue weighted by Gasteiger charge is 2.48. The van der Waals surface area contributed by atoms with Gasteiger partial charge in [0.2, 0.25) is 5.91 Å². The molecule has 1 heterocycles. The van der Waals surface area contributed by atoms with Crippen LogP contribution in [-0.4, -0.2) is 47.3 Å². The summed E-state index contributed by atoms with van der Waals surface area (Å²) >= 11 is 0. The Morgan fingerprint density at radius 1 is 1.19 bits per heavy atom. The normalized spacial score (nSPS) is 23.6. The number of alkyl halides is 3. The van der Waals surface area contributed by atoms with Crippen molar-refractivity contribution >= 4 is 17.7 Å². The van der Waals surface area contributed by atoms with E-state index in [4.69, 9.17) is 10.5 Å². The third-order valence-corrected chi connectivity index (χ3v) is 7.48. The van der Waals surface area contributed by atoms with Crippen LogP contribution in [0.5, 0.6) is 0 Å². The first-order valence-corrected chi connectivity index (χ1v) is 12.0. The van der Waals surface area contributed by atoms with Gasteiger partial charge in [-0.3, -0.25) is 9.78 Å². The molecular weight excluding hydrogens is 473 g/mol. The summed E-state index contributed by atoms with van der Waals surface area (Å²) in [6, 6.07) is 8.95. The van der Waals surface area contributed by atoms with Gasteiger partial charge in [-0.25, -0.2) is 4.79 Å². The van der Waals surface area contributed by atoms with E-state index < -0.39 is 36.2 Å². The molecule has 3 N–H and O–H groups in total. The first-order valence-electron chi connectivity index (χ1n) is 12.0. The van der Waals surface area contributed by atoms with E-state index in [1.165, 1.54) is 23.4 Å². The number of pyridine rings is 1. The molecule has 0 bridgehead atoms. The van der Waals surface area contributed by atoms with Gasteiger partial charge >= 0.3 is 12.3 Å². The van der Waals surface area contributed by atoms with Gasteiger partial charge in [-0.05, 0) is 48.9 Å². The Morgan fingerprint density at radius 3 is 2.53 bits per heavy atom. The zero-order chi connectivity index (χ0) is 26.3. The van der Waals surface area contributed by atoms with Crippen LogP contribution in [0.2, 0.25) is 0 Å². The van der Waals surface area contributed by atoms with Crippen molar-refractivity contribution in [2.75, 3.05) is 12.4 Å². The van der Waals surface area contributed by atoms with Crippen LogP contribution < -0.4 is 11.1 Å². The fraction of sp³-hybridized carbons (Fsp3) is 0.500. The summed E-state index contributed by atoms with van der Waals surface area (Å²) in [6.45, 7) is 4.28. The second kappa shape index (κ2) is 9.63. The first-order chi connectivity index (χ1) is 16.9. The number of benzene rings is 1. The third-order valence-electron chi connectivity index (χ3n) is 7.48. The number of carbonyl (C=O) groups excluding carboxylic acids is 2. The van der Waals surface area contributed by atoms with Gasteiger partial charge in [-0.1, -0.05) is 38.1 Å². The number of halogens is 3. The van der Waals surface area contributed by atoms with E-state index in [0.717, 1.165) is 13.5 Å². The second-order valence-corrected chi connectivity index (χ2v) is 10.2. The number of nitrogens with zero attached hydrogens (tertiary/aromatic N) is 2. The Balaban J connectivity index is 1.48. The molecule has 7 nitrogen and oxygen atoms in total. The molecule has 1 aromatic carbocycles. The number of hydrogen-bond donors (Lipinski definition) is 2. The molecule has 36 heavy (non-hydrogen) atoms. The number of hydrogen-bond acceptors (Lipinski definition) is 5. The van der Waals surface area contributed by atoms with E-state index in [2.05, 4.69) is 36.3 Å². The lowest BCUT2D eigenvalue weighted by Gasteiger charge is -2.32. The van der Waals surface area contributed by atoms with Gasteiger partial charge in [0.1, 0.15) is 6.10 Å². The first kappa shape index (κ1) is 25.8. The third kappa shape index (κ3) is 5.12. The molecule has 1 fully saturated rings. The lowest BCUT2D eigenvalue weighted by atomic mass is 9.83. The number of amides is 2. The molecule has 2 aliphatic carbocycles. The van der Waals surface area contributed by atoms with E-state index in [0.29, 0.717) is 23.4 Å². The maximum absolute atomic E-state index is 14.1. The molecule has 1 aromatic heterocycles. The minimum Gasteiger partial charge on any atom is -0.446 e. The molecular formula is C26H31F3N4O3. The molecule has 2 aliphatic rings. The SMILES string of the molecule is CN(C(=O)[C@@H]1CC[C@H](OC(N)=O)C1)[C@@H](c1ccc(NC2Cc3ccccc3C2(C)C)cn1)C(F)(F)F. The molecule has 0 saturated heterocycles. The van der Waals surface area contributed by atoms with Crippen LogP contribution in [0.3, 0.4) is 0 Å². The molecule has 4 atom stereocenters. The summed E-state index contributed by atoms with van der Waals surface area (Å²) in [5.41, 5.74) is 7.70. The molecule has 1 saturated carbocycles. The maximum atomic E-state index is 14.1. The van der Waals surface area contributed by atoms with Crippen LogP contribution in [0.1, 0.15) is 56.0 Å². The Kier molecular flexibility index (Phi) is 6.90. The molecule has 0 aliphatic heterocycles. The number of fused-ring (bicyclic) bond motifs is 1. The van der Waals surface area contributed by atoms with Gasteiger partial charge in [0.25, 0.3) is 0 Å². The standard InChI is InChI=1S/C26H31F3N4O3/c1-25(2)19-7-5-4-6-15(19)13-21(25)32-17-9-11-20(31-14-17)22(26(27,28)29)33(3)23(34)16-8-10-18(12-16)36-24(30)35/h4-7,9,11,14,16,18,21-22,32H,8,10,12-13H2,1-3H3,(H2,30,35)/t16-,18+,21?,22+/m1/s1. The van der Waals surface area contributed by atoms with Crippen molar-refractivity contribution in [1.82, 2.24) is 9.88 Å². The average Bonchev–Trinajstić information content (AvgIpc) is 3.35. The fourth-order valence-corrected chi connectivity index (χ4v) is 5.51. The summed E-state index contributed by atoms with van der Waals surface area (Å²) in [6.07, 6.45) is -3.21. The highest BCUT2D eigenvalue weighted by Crippen LogP contribution is 2.41. The Bertz CT molecular complexity index is 1120. The van der Waals surface area contributed by atoms with Crippen molar-refractivity contribution in [1.29, 1.82) is 0 Å². The largest absolute Gasteiger partial charge is 0.446 e. The number of nitrogens with two attached hydrogens (primary N) is 1. The lowest BCUT2D eigenvalue weighted by Crippen LogP contribution is -2.42. The van der Waals surface area contributed by atoms with Crippen molar-refractivity contribution in [3.63, 3.8) is 0 Å². The lowest BCUT2D eigenvalue weighted by molar-refractivity contribution is -0.191. The van der Waals surface area contributed by atoms with Crippen molar-refractivity contribution < 1.29 is 27.5 Å². The summed E-state index contributed by atoms with van der Waals surface area (Å²) in [7, 11) is 1.13. The number of rotatable bonds is 6. The van der Waals surface area contributed by atoms with Gasteiger partial charge in [0, 0.05) is 24.4 Å². The zero-order valence-corrected chi connectivity index (χ0v) is 20.5. The average molecular weight is 505 g/mol. The predicted octanol–water partition coefficient (Wildman–Crippen LogP) is 4.72. The quantitative estimate of drug-likeness (QED) is 0.593. The van der Waals surface area contributed by atoms with Crippen LogP contribution in [0, 0.1) is 5.92 Å². The minimum absolute atomic E-state index is 0.0585. The molecule has 4 rings (SSSR count). The number of ether oxygens (including phenoxy) is 1. The van der Waals surface area contributed by atoms with Crippen LogP contribution in [0.4, 0.5) is 23.7 Å². The van der Waals surface area contributed by atoms with Gasteiger partial charge in [-0.15, -0.1) is 0 Å². The van der Waals surface area contributed by atoms with Crippen LogP contribution in [-0.2, 0) is 21.4 Å². The molecule has 194 valence electrons. The van der Waals surface area contributed by atoms with Gasteiger partial charge in [0.15, 0.2) is 6.04 Å². The smallest absolute Gasteiger partial charge is 0.414 e. The summed E-state index contributed by atoms with van der Waals surface area (Å²) < 4.78 is 47.2. The minimum atomic E-state index is -4.72. The van der Waals surface area contributed by atoms with E-state index in [9.17, 15) is 22.8 Å². The van der Waals surface area contributed by atoms with Crippen LogP contribution >= 0.6 is 0 Å². The number of carbonyl (C=O) groups is 2. The molecule has 0 spiro atoms. The van der Waals surface area contributed by atoms with Crippen molar-refractivity contribution in [3.8, 4) is 0 Å². The molecule has 2 amide bonds. The zero-order valence-electron chi connectivity index (χ0n) is 20.5. The van der Waals surface area contributed by atoms with E-state index >= 15 is 0 Å². The van der Waals surface area contributed by atoms with E-state index in [-0.39, 0.29) is 23.6 Å². The molecule has 0 radical (unpaired) electrons. The van der Waals surface area contributed by atoms with Gasteiger partial charge in [0.05, 0.1) is 17.6 Å². The molecule has 1 unspecified atom stereocenters. The van der Waals surface area contributed by atoms with Crippen molar-refractivity contribution in [3.05, 3.63) is 59.4 Å². The molecule has 10 heteroatoms. The molecule has 2 aromatic rings. The Labute approximate surface area is 208 Å². The number of anilines is 1. The van der Waals surface area contributed by atoms with E-state index in [1.54, 1.807) is 6.07 Å². The van der Waals surface area contributed by atoms with Crippen LogP contribution in [0.15, 0.2) is 42.6 Å². The summed E-state index contributed by atoms with van der Waals surface area (Å²) in [5.74, 6) is -1.35. The number of nitrogens with one attached hydrogen (secondary N) is 1. The highest BCUT2D eigenvalue weighted by atomic mass is 19.4. The fourth-order valence-electron chi connectivity index (χ4n) is 5.51. The number of aromatic nitrogens is 1. The Hall–Kier alpha value is -3.30.